The van der Waals surface area contributed by atoms with Crippen LogP contribution in [0.5, 0.6) is 5.75 Å². The van der Waals surface area contributed by atoms with Crippen LogP contribution in [0.1, 0.15) is 61.8 Å². The summed E-state index contributed by atoms with van der Waals surface area (Å²) >= 11 is 0. The maximum Gasteiger partial charge on any atom is 0.266 e. The summed E-state index contributed by atoms with van der Waals surface area (Å²) in [5.41, 5.74) is 1.34. The summed E-state index contributed by atoms with van der Waals surface area (Å²) in [4.78, 5) is 34.4. The molecule has 1 amide bonds. The Kier molecular flexibility index (Phi) is 8.33. The van der Waals surface area contributed by atoms with Gasteiger partial charge in [0, 0.05) is 12.1 Å². The molecule has 0 bridgehead atoms. The highest BCUT2D eigenvalue weighted by atomic mass is 19.1. The van der Waals surface area contributed by atoms with Crippen molar-refractivity contribution in [3.8, 4) is 11.4 Å². The van der Waals surface area contributed by atoms with E-state index in [1.54, 1.807) is 61.7 Å². The van der Waals surface area contributed by atoms with Gasteiger partial charge in [0.2, 0.25) is 0 Å². The average molecular weight is 502 g/mol. The van der Waals surface area contributed by atoms with Crippen molar-refractivity contribution in [2.75, 3.05) is 13.7 Å². The largest absolute Gasteiger partial charge is 0.497 e. The lowest BCUT2D eigenvalue weighted by Crippen LogP contribution is -2.39. The molecule has 4 aromatic rings. The Morgan fingerprint density at radius 1 is 1.00 bits per heavy atom. The highest BCUT2D eigenvalue weighted by Crippen LogP contribution is 2.28. The molecule has 0 aliphatic heterocycles. The van der Waals surface area contributed by atoms with E-state index < -0.39 is 11.9 Å². The van der Waals surface area contributed by atoms with Crippen molar-refractivity contribution in [2.45, 2.75) is 45.6 Å². The summed E-state index contributed by atoms with van der Waals surface area (Å²) < 4.78 is 20.5. The molecule has 0 fully saturated rings. The molecule has 0 aliphatic rings. The van der Waals surface area contributed by atoms with Crippen LogP contribution in [0, 0.1) is 5.82 Å². The molecule has 1 atom stereocenters. The Morgan fingerprint density at radius 3 is 2.35 bits per heavy atom. The number of rotatable bonds is 10. The smallest absolute Gasteiger partial charge is 0.266 e. The van der Waals surface area contributed by atoms with Crippen molar-refractivity contribution in [2.24, 2.45) is 0 Å². The molecule has 0 radical (unpaired) electrons. The predicted octanol–water partition coefficient (Wildman–Crippen LogP) is 6.32. The molecule has 37 heavy (non-hydrogen) atoms. The Hall–Kier alpha value is -4.00. The summed E-state index contributed by atoms with van der Waals surface area (Å²) in [6.07, 6.45) is 3.35. The first kappa shape index (κ1) is 26.1. The highest BCUT2D eigenvalue weighted by molar-refractivity contribution is 5.94. The number of hydrogen-bond acceptors (Lipinski definition) is 4. The van der Waals surface area contributed by atoms with E-state index in [0.717, 1.165) is 19.3 Å². The number of amides is 1. The Labute approximate surface area is 216 Å². The van der Waals surface area contributed by atoms with Gasteiger partial charge in [-0.2, -0.15) is 0 Å². The number of ether oxygens (including phenoxy) is 1. The molecule has 0 N–H and O–H groups in total. The van der Waals surface area contributed by atoms with Crippen LogP contribution in [0.15, 0.2) is 77.6 Å². The molecule has 1 heterocycles. The molecular weight excluding hydrogens is 469 g/mol. The van der Waals surface area contributed by atoms with Crippen LogP contribution >= 0.6 is 0 Å². The lowest BCUT2D eigenvalue weighted by Gasteiger charge is -2.32. The van der Waals surface area contributed by atoms with Crippen molar-refractivity contribution in [1.29, 1.82) is 0 Å². The Morgan fingerprint density at radius 2 is 1.70 bits per heavy atom. The van der Waals surface area contributed by atoms with Crippen molar-refractivity contribution < 1.29 is 13.9 Å². The number of fused-ring (bicyclic) bond motifs is 1. The van der Waals surface area contributed by atoms with Crippen LogP contribution in [0.2, 0.25) is 0 Å². The van der Waals surface area contributed by atoms with Gasteiger partial charge < -0.3 is 9.64 Å². The number of nitrogens with zero attached hydrogens (tertiary/aromatic N) is 3. The number of halogens is 1. The summed E-state index contributed by atoms with van der Waals surface area (Å²) in [5.74, 6) is 0.590. The van der Waals surface area contributed by atoms with Crippen LogP contribution in [0.4, 0.5) is 4.39 Å². The number of benzene rings is 3. The lowest BCUT2D eigenvalue weighted by molar-refractivity contribution is 0.0655. The first-order valence-electron chi connectivity index (χ1n) is 12.7. The number of aromatic nitrogens is 2. The molecule has 0 saturated heterocycles. The summed E-state index contributed by atoms with van der Waals surface area (Å²) in [6, 6.07) is 19.5. The van der Waals surface area contributed by atoms with Crippen LogP contribution in [-0.4, -0.2) is 34.0 Å². The Balaban J connectivity index is 1.89. The highest BCUT2D eigenvalue weighted by Gasteiger charge is 2.29. The Bertz CT molecular complexity index is 1420. The zero-order valence-electron chi connectivity index (χ0n) is 21.5. The van der Waals surface area contributed by atoms with E-state index in [-0.39, 0.29) is 11.5 Å². The van der Waals surface area contributed by atoms with Gasteiger partial charge in [0.15, 0.2) is 0 Å². The quantitative estimate of drug-likeness (QED) is 0.239. The topological polar surface area (TPSA) is 64.4 Å². The molecule has 1 unspecified atom stereocenters. The molecule has 4 rings (SSSR count). The van der Waals surface area contributed by atoms with Gasteiger partial charge in [0.1, 0.15) is 17.4 Å². The van der Waals surface area contributed by atoms with Crippen LogP contribution < -0.4 is 10.3 Å². The molecule has 3 aromatic carbocycles. The van der Waals surface area contributed by atoms with Crippen molar-refractivity contribution in [3.63, 3.8) is 0 Å². The fourth-order valence-electron chi connectivity index (χ4n) is 4.59. The van der Waals surface area contributed by atoms with E-state index in [9.17, 15) is 14.0 Å². The summed E-state index contributed by atoms with van der Waals surface area (Å²) in [6.45, 7) is 4.61. The number of methoxy groups -OCH3 is 1. The SMILES string of the molecule is CCCCCN(C(=O)c1ccc(OC)cc1)C(CC)c1nc2ccccc2c(=O)n1-c1ccc(F)cc1. The molecule has 1 aromatic heterocycles. The maximum atomic E-state index is 13.9. The predicted molar refractivity (Wildman–Crippen MR) is 144 cm³/mol. The number of carbonyl (C=O) groups is 1. The van der Waals surface area contributed by atoms with E-state index in [0.29, 0.717) is 46.7 Å². The second kappa shape index (κ2) is 11.8. The second-order valence-corrected chi connectivity index (χ2v) is 8.96. The van der Waals surface area contributed by atoms with Crippen molar-refractivity contribution >= 4 is 16.8 Å². The number of hydrogen-bond donors (Lipinski definition) is 0. The molecule has 0 spiro atoms. The standard InChI is InChI=1S/C30H32FN3O3/c1-4-6-9-20-33(29(35)21-12-18-24(37-3)19-13-21)27(5-2)28-32-26-11-8-7-10-25(26)30(36)34(28)23-16-14-22(31)15-17-23/h7-8,10-19,27H,4-6,9,20H2,1-3H3. The molecule has 0 saturated carbocycles. The number of unbranched alkanes of at least 4 members (excludes halogenated alkanes) is 2. The monoisotopic (exact) mass is 501 g/mol. The lowest BCUT2D eigenvalue weighted by atomic mass is 10.1. The van der Waals surface area contributed by atoms with E-state index in [1.807, 2.05) is 17.9 Å². The molecular formula is C30H32FN3O3. The van der Waals surface area contributed by atoms with E-state index in [1.165, 1.54) is 16.7 Å². The normalized spacial score (nSPS) is 11.9. The second-order valence-electron chi connectivity index (χ2n) is 8.96. The zero-order valence-corrected chi connectivity index (χ0v) is 21.5. The third-order valence-corrected chi connectivity index (χ3v) is 6.55. The van der Waals surface area contributed by atoms with E-state index in [2.05, 4.69) is 6.92 Å². The number of para-hydroxylation sites is 1. The minimum atomic E-state index is -0.478. The first-order chi connectivity index (χ1) is 18.0. The third-order valence-electron chi connectivity index (χ3n) is 6.55. The zero-order chi connectivity index (χ0) is 26.4. The molecule has 192 valence electrons. The fourth-order valence-corrected chi connectivity index (χ4v) is 4.59. The minimum absolute atomic E-state index is 0.140. The van der Waals surface area contributed by atoms with Gasteiger partial charge in [-0.1, -0.05) is 38.8 Å². The summed E-state index contributed by atoms with van der Waals surface area (Å²) in [5, 5.41) is 0.462. The molecule has 6 nitrogen and oxygen atoms in total. The van der Waals surface area contributed by atoms with Crippen LogP contribution in [-0.2, 0) is 0 Å². The molecule has 7 heteroatoms. The van der Waals surface area contributed by atoms with E-state index in [4.69, 9.17) is 9.72 Å². The third kappa shape index (κ3) is 5.56. The van der Waals surface area contributed by atoms with Gasteiger partial charge in [-0.15, -0.1) is 0 Å². The fraction of sp³-hybridized carbons (Fsp3) is 0.300. The van der Waals surface area contributed by atoms with Gasteiger partial charge in [0.25, 0.3) is 11.5 Å². The van der Waals surface area contributed by atoms with Crippen LogP contribution in [0.3, 0.4) is 0 Å². The molecule has 0 aliphatic carbocycles. The average Bonchev–Trinajstić information content (AvgIpc) is 2.93. The van der Waals surface area contributed by atoms with Gasteiger partial charge in [-0.05, 0) is 73.5 Å². The van der Waals surface area contributed by atoms with Gasteiger partial charge in [0.05, 0.1) is 29.7 Å². The maximum absolute atomic E-state index is 13.9. The number of carbonyl (C=O) groups excluding carboxylic acids is 1. The summed E-state index contributed by atoms with van der Waals surface area (Å²) in [7, 11) is 1.58. The van der Waals surface area contributed by atoms with Gasteiger partial charge in [-0.25, -0.2) is 9.37 Å². The first-order valence-corrected chi connectivity index (χ1v) is 12.7. The van der Waals surface area contributed by atoms with Gasteiger partial charge in [-0.3, -0.25) is 14.2 Å². The van der Waals surface area contributed by atoms with Gasteiger partial charge >= 0.3 is 0 Å². The van der Waals surface area contributed by atoms with Crippen molar-refractivity contribution in [3.05, 3.63) is 100 Å². The minimum Gasteiger partial charge on any atom is -0.497 e. The van der Waals surface area contributed by atoms with E-state index >= 15 is 0 Å². The van der Waals surface area contributed by atoms with Crippen molar-refractivity contribution in [1.82, 2.24) is 14.5 Å². The van der Waals surface area contributed by atoms with Crippen LogP contribution in [0.25, 0.3) is 16.6 Å².